The van der Waals surface area contributed by atoms with Gasteiger partial charge in [0.15, 0.2) is 0 Å². The van der Waals surface area contributed by atoms with E-state index in [-0.39, 0.29) is 12.0 Å². The maximum atomic E-state index is 10.1. The molecule has 1 aromatic carbocycles. The van der Waals surface area contributed by atoms with Gasteiger partial charge in [-0.1, -0.05) is 48.1 Å². The van der Waals surface area contributed by atoms with E-state index in [1.54, 1.807) is 0 Å². The summed E-state index contributed by atoms with van der Waals surface area (Å²) in [6.07, 6.45) is 8.25. The molecule has 1 heteroatoms. The molecule has 0 aliphatic heterocycles. The number of aryl methyl sites for hydroxylation is 1. The van der Waals surface area contributed by atoms with E-state index in [1.807, 2.05) is 13.0 Å². The summed E-state index contributed by atoms with van der Waals surface area (Å²) in [6.45, 7) is 4.00. The third-order valence-corrected chi connectivity index (χ3v) is 3.45. The van der Waals surface area contributed by atoms with Gasteiger partial charge in [-0.15, -0.1) is 0 Å². The number of hydrogen-bond acceptors (Lipinski definition) is 1. The molecule has 0 bridgehead atoms. The normalized spacial score (nSPS) is 18.6. The minimum atomic E-state index is -0.339. The van der Waals surface area contributed by atoms with Crippen LogP contribution in [0.4, 0.5) is 0 Å². The molecule has 90 valence electrons. The molecule has 0 saturated heterocycles. The van der Waals surface area contributed by atoms with Gasteiger partial charge in [0.1, 0.15) is 0 Å². The fraction of sp³-hybridized carbons (Fsp3) is 0.375. The number of aliphatic hydroxyl groups is 1. The molecule has 0 spiro atoms. The van der Waals surface area contributed by atoms with E-state index in [0.29, 0.717) is 0 Å². The lowest BCUT2D eigenvalue weighted by Crippen LogP contribution is -2.18. The number of benzene rings is 1. The van der Waals surface area contributed by atoms with Crippen LogP contribution < -0.4 is 0 Å². The van der Waals surface area contributed by atoms with Crippen LogP contribution in [-0.4, -0.2) is 11.2 Å². The van der Waals surface area contributed by atoms with Crippen LogP contribution >= 0.6 is 0 Å². The Morgan fingerprint density at radius 2 is 2.00 bits per heavy atom. The highest BCUT2D eigenvalue weighted by Crippen LogP contribution is 2.34. The average molecular weight is 228 g/mol. The summed E-state index contributed by atoms with van der Waals surface area (Å²) in [5.74, 6) is 0.140. The van der Waals surface area contributed by atoms with Gasteiger partial charge in [-0.05, 0) is 37.8 Å². The first kappa shape index (κ1) is 12.1. The Morgan fingerprint density at radius 3 is 2.59 bits per heavy atom. The minimum Gasteiger partial charge on any atom is -0.392 e. The quantitative estimate of drug-likeness (QED) is 0.835. The van der Waals surface area contributed by atoms with Crippen molar-refractivity contribution in [3.8, 4) is 0 Å². The first-order valence-corrected chi connectivity index (χ1v) is 6.29. The molecule has 0 amide bonds. The van der Waals surface area contributed by atoms with Crippen LogP contribution in [0.25, 0.3) is 0 Å². The molecule has 0 radical (unpaired) electrons. The fourth-order valence-corrected chi connectivity index (χ4v) is 2.59. The number of allylic oxidation sites excluding steroid dienone is 3. The molecule has 1 aliphatic rings. The zero-order valence-electron chi connectivity index (χ0n) is 10.6. The standard InChI is InChI=1S/C16H20O/c1-12-8-6-7-11-15(12)16(13(2)17)14-9-4-3-5-10-14/h3-4,6-9,11,13,16-17H,5,10H2,1-2H3. The van der Waals surface area contributed by atoms with E-state index in [9.17, 15) is 5.11 Å². The van der Waals surface area contributed by atoms with Crippen LogP contribution in [0.1, 0.15) is 36.8 Å². The Morgan fingerprint density at radius 1 is 1.24 bits per heavy atom. The molecule has 1 aromatic rings. The molecule has 2 rings (SSSR count). The van der Waals surface area contributed by atoms with Gasteiger partial charge in [0.25, 0.3) is 0 Å². The summed E-state index contributed by atoms with van der Waals surface area (Å²) >= 11 is 0. The van der Waals surface area contributed by atoms with E-state index in [2.05, 4.69) is 43.4 Å². The Kier molecular flexibility index (Phi) is 3.80. The molecule has 0 saturated carbocycles. The SMILES string of the molecule is Cc1ccccc1C(C1=CC=CCC1)C(C)O. The average Bonchev–Trinajstić information content (AvgIpc) is 2.33. The van der Waals surface area contributed by atoms with Crippen LogP contribution in [0.2, 0.25) is 0 Å². The first-order chi connectivity index (χ1) is 8.20. The van der Waals surface area contributed by atoms with Gasteiger partial charge in [0.2, 0.25) is 0 Å². The second-order valence-corrected chi connectivity index (χ2v) is 4.78. The molecule has 1 nitrogen and oxygen atoms in total. The van der Waals surface area contributed by atoms with Gasteiger partial charge >= 0.3 is 0 Å². The number of hydrogen-bond donors (Lipinski definition) is 1. The lowest BCUT2D eigenvalue weighted by Gasteiger charge is -2.26. The Bertz CT molecular complexity index is 441. The van der Waals surface area contributed by atoms with Crippen LogP contribution in [0, 0.1) is 6.92 Å². The highest BCUT2D eigenvalue weighted by Gasteiger charge is 2.23. The molecule has 2 unspecified atom stereocenters. The van der Waals surface area contributed by atoms with Crippen molar-refractivity contribution in [2.24, 2.45) is 0 Å². The summed E-state index contributed by atoms with van der Waals surface area (Å²) in [6, 6.07) is 8.35. The molecule has 0 aromatic heterocycles. The second-order valence-electron chi connectivity index (χ2n) is 4.78. The Balaban J connectivity index is 2.39. The van der Waals surface area contributed by atoms with Crippen molar-refractivity contribution in [3.05, 3.63) is 59.2 Å². The van der Waals surface area contributed by atoms with E-state index < -0.39 is 0 Å². The lowest BCUT2D eigenvalue weighted by atomic mass is 9.81. The largest absolute Gasteiger partial charge is 0.392 e. The highest BCUT2D eigenvalue weighted by molar-refractivity contribution is 5.38. The van der Waals surface area contributed by atoms with E-state index >= 15 is 0 Å². The molecule has 0 fully saturated rings. The molecular formula is C16H20O. The lowest BCUT2D eigenvalue weighted by molar-refractivity contribution is 0.173. The molecule has 17 heavy (non-hydrogen) atoms. The van der Waals surface area contributed by atoms with Crippen molar-refractivity contribution in [1.82, 2.24) is 0 Å². The van der Waals surface area contributed by atoms with Crippen molar-refractivity contribution >= 4 is 0 Å². The Hall–Kier alpha value is -1.34. The summed E-state index contributed by atoms with van der Waals surface area (Å²) in [4.78, 5) is 0. The van der Waals surface area contributed by atoms with Crippen molar-refractivity contribution in [1.29, 1.82) is 0 Å². The smallest absolute Gasteiger partial charge is 0.0618 e. The van der Waals surface area contributed by atoms with Crippen molar-refractivity contribution in [2.45, 2.75) is 38.7 Å². The topological polar surface area (TPSA) is 20.2 Å². The molecule has 1 N–H and O–H groups in total. The van der Waals surface area contributed by atoms with Gasteiger partial charge < -0.3 is 5.11 Å². The van der Waals surface area contributed by atoms with Gasteiger partial charge in [-0.2, -0.15) is 0 Å². The van der Waals surface area contributed by atoms with Crippen LogP contribution in [0.15, 0.2) is 48.1 Å². The van der Waals surface area contributed by atoms with Crippen molar-refractivity contribution < 1.29 is 5.11 Å². The van der Waals surface area contributed by atoms with Crippen molar-refractivity contribution in [3.63, 3.8) is 0 Å². The highest BCUT2D eigenvalue weighted by atomic mass is 16.3. The van der Waals surface area contributed by atoms with E-state index in [4.69, 9.17) is 0 Å². The van der Waals surface area contributed by atoms with Crippen molar-refractivity contribution in [2.75, 3.05) is 0 Å². The summed E-state index contributed by atoms with van der Waals surface area (Å²) in [5, 5.41) is 10.1. The number of rotatable bonds is 3. The van der Waals surface area contributed by atoms with Gasteiger partial charge in [0, 0.05) is 5.92 Å². The van der Waals surface area contributed by atoms with Crippen LogP contribution in [0.5, 0.6) is 0 Å². The zero-order chi connectivity index (χ0) is 12.3. The second kappa shape index (κ2) is 5.33. The van der Waals surface area contributed by atoms with Gasteiger partial charge in [-0.25, -0.2) is 0 Å². The third-order valence-electron chi connectivity index (χ3n) is 3.45. The van der Waals surface area contributed by atoms with E-state index in [1.165, 1.54) is 16.7 Å². The summed E-state index contributed by atoms with van der Waals surface area (Å²) in [7, 11) is 0. The Labute approximate surface area is 103 Å². The molecule has 1 aliphatic carbocycles. The fourth-order valence-electron chi connectivity index (χ4n) is 2.59. The van der Waals surface area contributed by atoms with Crippen LogP contribution in [0.3, 0.4) is 0 Å². The van der Waals surface area contributed by atoms with Crippen LogP contribution in [-0.2, 0) is 0 Å². The predicted molar refractivity (Wildman–Crippen MR) is 72.1 cm³/mol. The third kappa shape index (κ3) is 2.67. The number of aliphatic hydroxyl groups excluding tert-OH is 1. The molecule has 0 heterocycles. The maximum Gasteiger partial charge on any atom is 0.0618 e. The summed E-state index contributed by atoms with van der Waals surface area (Å²) in [5.41, 5.74) is 3.86. The zero-order valence-corrected chi connectivity index (χ0v) is 10.6. The summed E-state index contributed by atoms with van der Waals surface area (Å²) < 4.78 is 0. The predicted octanol–water partition coefficient (Wildman–Crippen LogP) is 3.74. The van der Waals surface area contributed by atoms with Gasteiger partial charge in [0.05, 0.1) is 6.10 Å². The first-order valence-electron chi connectivity index (χ1n) is 6.29. The maximum absolute atomic E-state index is 10.1. The monoisotopic (exact) mass is 228 g/mol. The van der Waals surface area contributed by atoms with E-state index in [0.717, 1.165) is 12.8 Å². The molecular weight excluding hydrogens is 208 g/mol. The minimum absolute atomic E-state index is 0.140. The van der Waals surface area contributed by atoms with Gasteiger partial charge in [-0.3, -0.25) is 0 Å². The molecule has 2 atom stereocenters.